The molecule has 0 saturated carbocycles. The van der Waals surface area contributed by atoms with Crippen molar-refractivity contribution in [2.75, 3.05) is 0 Å². The van der Waals surface area contributed by atoms with E-state index in [1.54, 1.807) is 0 Å². The van der Waals surface area contributed by atoms with Gasteiger partial charge in [-0.25, -0.2) is 0 Å². The molecule has 29 heavy (non-hydrogen) atoms. The second kappa shape index (κ2) is 25.4. The van der Waals surface area contributed by atoms with Crippen LogP contribution in [0.3, 0.4) is 0 Å². The van der Waals surface area contributed by atoms with Crippen molar-refractivity contribution in [3.8, 4) is 0 Å². The number of unbranched alkanes of at least 4 members (excludes halogenated alkanes) is 18. The van der Waals surface area contributed by atoms with Crippen molar-refractivity contribution in [2.45, 2.75) is 162 Å². The van der Waals surface area contributed by atoms with Gasteiger partial charge in [-0.3, -0.25) is 4.79 Å². The number of carbonyl (C=O) groups excluding carboxylic acids is 1. The third-order valence-corrected chi connectivity index (χ3v) is 6.03. The standard InChI is InChI=1S/C28H54O/c1-3-5-7-9-11-13-14-15-16-17-18-19-21-23-25-27-28(29)26-24-22-20-12-10-8-6-4-2/h15-16H,3-14,17-27H2,1-2H3/b16-15-. The lowest BCUT2D eigenvalue weighted by Gasteiger charge is -2.03. The molecular formula is C28H54O. The Morgan fingerprint density at radius 1 is 0.448 bits per heavy atom. The maximum absolute atomic E-state index is 11.9. The van der Waals surface area contributed by atoms with Crippen LogP contribution in [0, 0.1) is 0 Å². The average Bonchev–Trinajstić information content (AvgIpc) is 2.72. The van der Waals surface area contributed by atoms with E-state index in [0.717, 1.165) is 25.7 Å². The van der Waals surface area contributed by atoms with E-state index in [1.165, 1.54) is 122 Å². The van der Waals surface area contributed by atoms with Gasteiger partial charge in [-0.1, -0.05) is 122 Å². The molecule has 0 bridgehead atoms. The van der Waals surface area contributed by atoms with Crippen molar-refractivity contribution in [3.63, 3.8) is 0 Å². The number of allylic oxidation sites excluding steroid dienone is 2. The van der Waals surface area contributed by atoms with E-state index in [-0.39, 0.29) is 0 Å². The topological polar surface area (TPSA) is 17.1 Å². The van der Waals surface area contributed by atoms with Gasteiger partial charge in [0.25, 0.3) is 0 Å². The first kappa shape index (κ1) is 28.4. The lowest BCUT2D eigenvalue weighted by atomic mass is 10.0. The Morgan fingerprint density at radius 2 is 0.759 bits per heavy atom. The maximum atomic E-state index is 11.9. The second-order valence-electron chi connectivity index (χ2n) is 9.10. The van der Waals surface area contributed by atoms with Crippen LogP contribution >= 0.6 is 0 Å². The number of hydrogen-bond donors (Lipinski definition) is 0. The van der Waals surface area contributed by atoms with Crippen LogP contribution in [0.4, 0.5) is 0 Å². The number of rotatable bonds is 24. The molecule has 0 heterocycles. The van der Waals surface area contributed by atoms with Crippen molar-refractivity contribution in [3.05, 3.63) is 12.2 Å². The normalized spacial score (nSPS) is 11.5. The Morgan fingerprint density at radius 3 is 1.14 bits per heavy atom. The summed E-state index contributed by atoms with van der Waals surface area (Å²) in [6.07, 6.45) is 34.2. The summed E-state index contributed by atoms with van der Waals surface area (Å²) >= 11 is 0. The zero-order valence-corrected chi connectivity index (χ0v) is 20.3. The highest BCUT2D eigenvalue weighted by Crippen LogP contribution is 2.13. The Bertz CT molecular complexity index is 344. The van der Waals surface area contributed by atoms with Crippen molar-refractivity contribution in [1.29, 1.82) is 0 Å². The van der Waals surface area contributed by atoms with Gasteiger partial charge in [-0.2, -0.15) is 0 Å². The van der Waals surface area contributed by atoms with Crippen LogP contribution in [0.2, 0.25) is 0 Å². The number of hydrogen-bond acceptors (Lipinski definition) is 1. The van der Waals surface area contributed by atoms with Crippen LogP contribution in [-0.2, 0) is 4.79 Å². The molecule has 0 N–H and O–H groups in total. The van der Waals surface area contributed by atoms with Crippen LogP contribution in [0.5, 0.6) is 0 Å². The Balaban J connectivity index is 3.19. The Labute approximate surface area is 184 Å². The van der Waals surface area contributed by atoms with Crippen LogP contribution in [0.1, 0.15) is 162 Å². The van der Waals surface area contributed by atoms with E-state index in [1.807, 2.05) is 0 Å². The fraction of sp³-hybridized carbons (Fsp3) is 0.893. The molecule has 0 aliphatic heterocycles. The summed E-state index contributed by atoms with van der Waals surface area (Å²) in [5.74, 6) is 0.508. The smallest absolute Gasteiger partial charge is 0.132 e. The van der Waals surface area contributed by atoms with Crippen LogP contribution < -0.4 is 0 Å². The summed E-state index contributed by atoms with van der Waals surface area (Å²) in [4.78, 5) is 11.9. The van der Waals surface area contributed by atoms with Gasteiger partial charge in [-0.05, 0) is 38.5 Å². The molecule has 172 valence electrons. The molecule has 0 radical (unpaired) electrons. The zero-order chi connectivity index (χ0) is 21.3. The van der Waals surface area contributed by atoms with Crippen LogP contribution in [0.25, 0.3) is 0 Å². The molecule has 0 spiro atoms. The van der Waals surface area contributed by atoms with E-state index < -0.39 is 0 Å². The van der Waals surface area contributed by atoms with E-state index in [4.69, 9.17) is 0 Å². The summed E-state index contributed by atoms with van der Waals surface area (Å²) in [6, 6.07) is 0. The third-order valence-electron chi connectivity index (χ3n) is 6.03. The highest BCUT2D eigenvalue weighted by Gasteiger charge is 2.02. The minimum atomic E-state index is 0.508. The highest BCUT2D eigenvalue weighted by molar-refractivity contribution is 5.78. The van der Waals surface area contributed by atoms with Crippen molar-refractivity contribution < 1.29 is 4.79 Å². The van der Waals surface area contributed by atoms with Gasteiger partial charge in [-0.15, -0.1) is 0 Å². The number of carbonyl (C=O) groups is 1. The first-order valence-corrected chi connectivity index (χ1v) is 13.5. The van der Waals surface area contributed by atoms with E-state index in [9.17, 15) is 4.79 Å². The lowest BCUT2D eigenvalue weighted by molar-refractivity contribution is -0.119. The number of ketones is 1. The van der Waals surface area contributed by atoms with Crippen molar-refractivity contribution in [1.82, 2.24) is 0 Å². The Hall–Kier alpha value is -0.590. The summed E-state index contributed by atoms with van der Waals surface area (Å²) < 4.78 is 0. The molecule has 0 rings (SSSR count). The molecule has 0 unspecified atom stereocenters. The van der Waals surface area contributed by atoms with Crippen LogP contribution in [-0.4, -0.2) is 5.78 Å². The summed E-state index contributed by atoms with van der Waals surface area (Å²) in [5.41, 5.74) is 0. The van der Waals surface area contributed by atoms with Gasteiger partial charge >= 0.3 is 0 Å². The lowest BCUT2D eigenvalue weighted by Crippen LogP contribution is -1.97. The predicted molar refractivity (Wildman–Crippen MR) is 132 cm³/mol. The summed E-state index contributed by atoms with van der Waals surface area (Å²) in [5, 5.41) is 0. The molecule has 1 heteroatoms. The summed E-state index contributed by atoms with van der Waals surface area (Å²) in [6.45, 7) is 4.54. The average molecular weight is 407 g/mol. The third kappa shape index (κ3) is 25.4. The molecule has 1 nitrogen and oxygen atoms in total. The SMILES string of the molecule is CCCCCCCC/C=C\CCCCCCCC(=O)CCCCCCCCCC. The van der Waals surface area contributed by atoms with Gasteiger partial charge in [0, 0.05) is 12.8 Å². The van der Waals surface area contributed by atoms with E-state index >= 15 is 0 Å². The number of Topliss-reactive ketones (excluding diaryl/α,β-unsaturated/α-hetero) is 1. The van der Waals surface area contributed by atoms with E-state index in [0.29, 0.717) is 5.78 Å². The molecular weight excluding hydrogens is 352 g/mol. The molecule has 0 atom stereocenters. The zero-order valence-electron chi connectivity index (χ0n) is 20.3. The van der Waals surface area contributed by atoms with Crippen molar-refractivity contribution >= 4 is 5.78 Å². The van der Waals surface area contributed by atoms with Gasteiger partial charge in [0.2, 0.25) is 0 Å². The molecule has 0 aromatic carbocycles. The fourth-order valence-corrected chi connectivity index (χ4v) is 3.97. The van der Waals surface area contributed by atoms with Crippen LogP contribution in [0.15, 0.2) is 12.2 Å². The van der Waals surface area contributed by atoms with Gasteiger partial charge < -0.3 is 0 Å². The predicted octanol–water partition coefficient (Wildman–Crippen LogP) is 10.1. The molecule has 0 aromatic rings. The van der Waals surface area contributed by atoms with Gasteiger partial charge in [0.15, 0.2) is 0 Å². The molecule has 0 aliphatic carbocycles. The molecule has 0 fully saturated rings. The monoisotopic (exact) mass is 406 g/mol. The first-order chi connectivity index (χ1) is 14.3. The molecule has 0 aromatic heterocycles. The molecule has 0 saturated heterocycles. The fourth-order valence-electron chi connectivity index (χ4n) is 3.97. The van der Waals surface area contributed by atoms with E-state index in [2.05, 4.69) is 26.0 Å². The highest BCUT2D eigenvalue weighted by atomic mass is 16.1. The summed E-state index contributed by atoms with van der Waals surface area (Å²) in [7, 11) is 0. The quantitative estimate of drug-likeness (QED) is 0.115. The minimum absolute atomic E-state index is 0.508. The largest absolute Gasteiger partial charge is 0.300 e. The van der Waals surface area contributed by atoms with Gasteiger partial charge in [0.1, 0.15) is 5.78 Å². The molecule has 0 amide bonds. The molecule has 0 aliphatic rings. The van der Waals surface area contributed by atoms with Gasteiger partial charge in [0.05, 0.1) is 0 Å². The minimum Gasteiger partial charge on any atom is -0.300 e. The first-order valence-electron chi connectivity index (χ1n) is 13.5. The Kier molecular flexibility index (Phi) is 24.9. The van der Waals surface area contributed by atoms with Crippen molar-refractivity contribution in [2.24, 2.45) is 0 Å². The maximum Gasteiger partial charge on any atom is 0.132 e. The second-order valence-corrected chi connectivity index (χ2v) is 9.10.